The lowest BCUT2D eigenvalue weighted by Crippen LogP contribution is -2.47. The van der Waals surface area contributed by atoms with Crippen molar-refractivity contribution in [3.63, 3.8) is 0 Å². The van der Waals surface area contributed by atoms with Crippen LogP contribution in [0, 0.1) is 0 Å². The van der Waals surface area contributed by atoms with Gasteiger partial charge in [0.25, 0.3) is 0 Å². The number of hydrogen-bond donors (Lipinski definition) is 1. The summed E-state index contributed by atoms with van der Waals surface area (Å²) in [6.07, 6.45) is 0.602. The number of benzene rings is 1. The highest BCUT2D eigenvalue weighted by Crippen LogP contribution is 2.31. The van der Waals surface area contributed by atoms with Gasteiger partial charge in [-0.3, -0.25) is 0 Å². The molecule has 4 nitrogen and oxygen atoms in total. The van der Waals surface area contributed by atoms with Gasteiger partial charge in [-0.1, -0.05) is 12.1 Å². The van der Waals surface area contributed by atoms with E-state index in [1.807, 2.05) is 0 Å². The monoisotopic (exact) mass is 275 g/mol. The summed E-state index contributed by atoms with van der Waals surface area (Å²) in [5, 5.41) is 3.42. The van der Waals surface area contributed by atoms with Crippen molar-refractivity contribution >= 4 is 11.4 Å². The Morgan fingerprint density at radius 3 is 2.10 bits per heavy atom. The molecule has 2 unspecified atom stereocenters. The second-order valence-electron chi connectivity index (χ2n) is 5.89. The van der Waals surface area contributed by atoms with Gasteiger partial charge < -0.3 is 19.9 Å². The van der Waals surface area contributed by atoms with E-state index in [-0.39, 0.29) is 0 Å². The molecule has 20 heavy (non-hydrogen) atoms. The van der Waals surface area contributed by atoms with Gasteiger partial charge in [-0.05, 0) is 26.0 Å². The van der Waals surface area contributed by atoms with Crippen molar-refractivity contribution in [3.05, 3.63) is 24.3 Å². The van der Waals surface area contributed by atoms with Gasteiger partial charge in [0.2, 0.25) is 0 Å². The fourth-order valence-electron chi connectivity index (χ4n) is 3.28. The number of rotatable bonds is 2. The normalized spacial score (nSPS) is 27.7. The molecule has 0 aliphatic carbocycles. The Balaban J connectivity index is 1.85. The van der Waals surface area contributed by atoms with Gasteiger partial charge in [-0.15, -0.1) is 0 Å². The lowest BCUT2D eigenvalue weighted by Gasteiger charge is -2.40. The first kappa shape index (κ1) is 13.7. The molecule has 3 rings (SSSR count). The van der Waals surface area contributed by atoms with E-state index in [0.29, 0.717) is 12.2 Å². The minimum Gasteiger partial charge on any atom is -0.372 e. The lowest BCUT2D eigenvalue weighted by atomic mass is 10.1. The smallest absolute Gasteiger partial charge is 0.0726 e. The van der Waals surface area contributed by atoms with E-state index in [1.54, 1.807) is 0 Å². The van der Waals surface area contributed by atoms with Crippen molar-refractivity contribution < 1.29 is 4.74 Å². The molecule has 0 saturated carbocycles. The summed E-state index contributed by atoms with van der Waals surface area (Å²) in [6, 6.07) is 8.80. The van der Waals surface area contributed by atoms with E-state index < -0.39 is 0 Å². The number of ether oxygens (including phenoxy) is 1. The van der Waals surface area contributed by atoms with Crippen LogP contribution in [-0.4, -0.2) is 51.5 Å². The molecule has 2 fully saturated rings. The van der Waals surface area contributed by atoms with Gasteiger partial charge in [-0.25, -0.2) is 0 Å². The summed E-state index contributed by atoms with van der Waals surface area (Å²) in [5.74, 6) is 0. The second-order valence-corrected chi connectivity index (χ2v) is 5.89. The summed E-state index contributed by atoms with van der Waals surface area (Å²) >= 11 is 0. The Labute approximate surface area is 121 Å². The SMILES string of the molecule is CC1CN(c2ccccc2N2CCNCC2)CC(C)O1. The molecule has 2 aliphatic heterocycles. The maximum Gasteiger partial charge on any atom is 0.0726 e. The van der Waals surface area contributed by atoms with Crippen molar-refractivity contribution in [1.82, 2.24) is 5.32 Å². The second kappa shape index (κ2) is 6.02. The standard InChI is InChI=1S/C16H25N3O/c1-13-11-19(12-14(2)20-13)16-6-4-3-5-15(16)18-9-7-17-8-10-18/h3-6,13-14,17H,7-12H2,1-2H3. The van der Waals surface area contributed by atoms with E-state index in [4.69, 9.17) is 4.74 Å². The highest BCUT2D eigenvalue weighted by Gasteiger charge is 2.25. The quantitative estimate of drug-likeness (QED) is 0.889. The number of piperazine rings is 1. The molecule has 0 spiro atoms. The third kappa shape index (κ3) is 2.91. The van der Waals surface area contributed by atoms with Crippen molar-refractivity contribution in [2.45, 2.75) is 26.1 Å². The van der Waals surface area contributed by atoms with Crippen LogP contribution in [0.3, 0.4) is 0 Å². The van der Waals surface area contributed by atoms with Crippen LogP contribution in [0.25, 0.3) is 0 Å². The molecular formula is C16H25N3O. The van der Waals surface area contributed by atoms with Crippen LogP contribution in [-0.2, 0) is 4.74 Å². The maximum atomic E-state index is 5.86. The Morgan fingerprint density at radius 2 is 1.50 bits per heavy atom. The van der Waals surface area contributed by atoms with Crippen LogP contribution in [0.15, 0.2) is 24.3 Å². The van der Waals surface area contributed by atoms with Gasteiger partial charge in [0.15, 0.2) is 0 Å². The van der Waals surface area contributed by atoms with Crippen molar-refractivity contribution in [2.75, 3.05) is 49.1 Å². The van der Waals surface area contributed by atoms with E-state index in [2.05, 4.69) is 53.2 Å². The Kier molecular flexibility index (Phi) is 4.13. The predicted octanol–water partition coefficient (Wildman–Crippen LogP) is 1.71. The summed E-state index contributed by atoms with van der Waals surface area (Å²) in [6.45, 7) is 10.6. The Bertz CT molecular complexity index is 435. The topological polar surface area (TPSA) is 27.7 Å². The van der Waals surface area contributed by atoms with E-state index in [9.17, 15) is 0 Å². The molecule has 1 aromatic carbocycles. The Morgan fingerprint density at radius 1 is 0.950 bits per heavy atom. The summed E-state index contributed by atoms with van der Waals surface area (Å²) in [4.78, 5) is 4.98. The highest BCUT2D eigenvalue weighted by molar-refractivity contribution is 5.71. The molecule has 1 aromatic rings. The number of hydrogen-bond acceptors (Lipinski definition) is 4. The van der Waals surface area contributed by atoms with Crippen molar-refractivity contribution in [1.29, 1.82) is 0 Å². The molecule has 4 heteroatoms. The highest BCUT2D eigenvalue weighted by atomic mass is 16.5. The molecule has 110 valence electrons. The molecule has 2 atom stereocenters. The van der Waals surface area contributed by atoms with Crippen LogP contribution in [0.1, 0.15) is 13.8 Å². The summed E-state index contributed by atoms with van der Waals surface area (Å²) < 4.78 is 5.86. The van der Waals surface area contributed by atoms with Crippen LogP contribution < -0.4 is 15.1 Å². The average Bonchev–Trinajstić information content (AvgIpc) is 2.47. The lowest BCUT2D eigenvalue weighted by molar-refractivity contribution is -0.00519. The first-order chi connectivity index (χ1) is 9.74. The fourth-order valence-corrected chi connectivity index (χ4v) is 3.28. The average molecular weight is 275 g/mol. The molecule has 2 aliphatic rings. The van der Waals surface area contributed by atoms with Crippen molar-refractivity contribution in [2.24, 2.45) is 0 Å². The predicted molar refractivity (Wildman–Crippen MR) is 83.7 cm³/mol. The van der Waals surface area contributed by atoms with Gasteiger partial charge in [0, 0.05) is 39.3 Å². The minimum atomic E-state index is 0.301. The van der Waals surface area contributed by atoms with Gasteiger partial charge in [0.05, 0.1) is 23.6 Å². The number of nitrogens with zero attached hydrogens (tertiary/aromatic N) is 2. The zero-order chi connectivity index (χ0) is 13.9. The molecule has 0 bridgehead atoms. The van der Waals surface area contributed by atoms with Crippen molar-refractivity contribution in [3.8, 4) is 0 Å². The number of anilines is 2. The largest absolute Gasteiger partial charge is 0.372 e. The number of nitrogens with one attached hydrogen (secondary N) is 1. The zero-order valence-electron chi connectivity index (χ0n) is 12.5. The molecule has 2 heterocycles. The van der Waals surface area contributed by atoms with Gasteiger partial charge in [0.1, 0.15) is 0 Å². The van der Waals surface area contributed by atoms with E-state index >= 15 is 0 Å². The van der Waals surface area contributed by atoms with Crippen LogP contribution in [0.5, 0.6) is 0 Å². The third-order valence-corrected chi connectivity index (χ3v) is 4.10. The fraction of sp³-hybridized carbons (Fsp3) is 0.625. The van der Waals surface area contributed by atoms with Gasteiger partial charge in [-0.2, -0.15) is 0 Å². The molecular weight excluding hydrogens is 250 g/mol. The molecule has 1 N–H and O–H groups in total. The number of morpholine rings is 1. The Hall–Kier alpha value is -1.26. The molecule has 2 saturated heterocycles. The molecule has 0 aromatic heterocycles. The number of para-hydroxylation sites is 2. The third-order valence-electron chi connectivity index (χ3n) is 4.10. The maximum absolute atomic E-state index is 5.86. The molecule has 0 amide bonds. The van der Waals surface area contributed by atoms with Crippen LogP contribution >= 0.6 is 0 Å². The first-order valence-corrected chi connectivity index (χ1v) is 7.69. The van der Waals surface area contributed by atoms with E-state index in [0.717, 1.165) is 39.3 Å². The van der Waals surface area contributed by atoms with Crippen LogP contribution in [0.2, 0.25) is 0 Å². The van der Waals surface area contributed by atoms with E-state index in [1.165, 1.54) is 11.4 Å². The minimum absolute atomic E-state index is 0.301. The summed E-state index contributed by atoms with van der Waals surface area (Å²) in [7, 11) is 0. The van der Waals surface area contributed by atoms with Gasteiger partial charge >= 0.3 is 0 Å². The summed E-state index contributed by atoms with van der Waals surface area (Å²) in [5.41, 5.74) is 2.73. The zero-order valence-corrected chi connectivity index (χ0v) is 12.5. The van der Waals surface area contributed by atoms with Crippen LogP contribution in [0.4, 0.5) is 11.4 Å². The molecule has 0 radical (unpaired) electrons. The first-order valence-electron chi connectivity index (χ1n) is 7.69.